The van der Waals surface area contributed by atoms with Crippen LogP contribution < -0.4 is 15.5 Å². The van der Waals surface area contributed by atoms with Crippen molar-refractivity contribution in [3.8, 4) is 0 Å². The first-order valence-corrected chi connectivity index (χ1v) is 10.1. The second-order valence-electron chi connectivity index (χ2n) is 6.49. The molecule has 1 aromatic heterocycles. The minimum absolute atomic E-state index is 0.131. The Bertz CT molecular complexity index is 714. The zero-order chi connectivity index (χ0) is 18.2. The van der Waals surface area contributed by atoms with Crippen LogP contribution in [0.5, 0.6) is 0 Å². The summed E-state index contributed by atoms with van der Waals surface area (Å²) in [6.45, 7) is 5.38. The number of amides is 2. The van der Waals surface area contributed by atoms with Crippen LogP contribution in [-0.4, -0.2) is 36.4 Å². The molecule has 0 spiro atoms. The van der Waals surface area contributed by atoms with Gasteiger partial charge in [0.25, 0.3) is 0 Å². The second kappa shape index (κ2) is 9.48. The van der Waals surface area contributed by atoms with Crippen LogP contribution in [0.2, 0.25) is 0 Å². The number of aromatic nitrogens is 1. The van der Waals surface area contributed by atoms with Crippen LogP contribution in [0.15, 0.2) is 47.5 Å². The third-order valence-electron chi connectivity index (χ3n) is 4.37. The van der Waals surface area contributed by atoms with Gasteiger partial charge in [0.1, 0.15) is 5.82 Å². The Morgan fingerprint density at radius 3 is 2.69 bits per heavy atom. The fourth-order valence-electron chi connectivity index (χ4n) is 2.90. The first-order chi connectivity index (χ1) is 12.7. The third kappa shape index (κ3) is 5.66. The number of pyridine rings is 1. The highest BCUT2D eigenvalue weighted by Crippen LogP contribution is 2.19. The Morgan fingerprint density at radius 1 is 1.15 bits per heavy atom. The normalized spacial score (nSPS) is 13.7. The van der Waals surface area contributed by atoms with E-state index in [9.17, 15) is 4.79 Å². The van der Waals surface area contributed by atoms with Crippen molar-refractivity contribution in [1.82, 2.24) is 15.6 Å². The number of nitrogens with one attached hydrogen (secondary N) is 2. The summed E-state index contributed by atoms with van der Waals surface area (Å²) >= 11 is 1.75. The molecule has 0 radical (unpaired) electrons. The van der Waals surface area contributed by atoms with E-state index in [1.807, 2.05) is 12.3 Å². The minimum atomic E-state index is -0.131. The van der Waals surface area contributed by atoms with Crippen LogP contribution in [0, 0.1) is 6.92 Å². The molecule has 2 heterocycles. The Kier molecular flexibility index (Phi) is 6.77. The molecule has 2 aromatic rings. The van der Waals surface area contributed by atoms with E-state index in [4.69, 9.17) is 0 Å². The first-order valence-electron chi connectivity index (χ1n) is 9.12. The number of carbonyl (C=O) groups excluding carboxylic acids is 1. The van der Waals surface area contributed by atoms with Gasteiger partial charge < -0.3 is 15.5 Å². The van der Waals surface area contributed by atoms with Crippen LogP contribution >= 0.6 is 11.8 Å². The van der Waals surface area contributed by atoms with Gasteiger partial charge in [-0.25, -0.2) is 9.78 Å². The molecule has 138 valence electrons. The summed E-state index contributed by atoms with van der Waals surface area (Å²) in [5, 5.41) is 5.82. The van der Waals surface area contributed by atoms with E-state index in [0.29, 0.717) is 13.1 Å². The minimum Gasteiger partial charge on any atom is -0.357 e. The average Bonchev–Trinajstić information content (AvgIpc) is 3.20. The molecule has 0 saturated carbocycles. The molecule has 2 amide bonds. The summed E-state index contributed by atoms with van der Waals surface area (Å²) in [7, 11) is 0. The van der Waals surface area contributed by atoms with Crippen LogP contribution in [0.4, 0.5) is 10.6 Å². The zero-order valence-corrected chi connectivity index (χ0v) is 16.0. The SMILES string of the molecule is Cc1ccc(SCCNC(=O)NCc2ccnc(N3CCCC3)c2)cc1. The Labute approximate surface area is 159 Å². The Morgan fingerprint density at radius 2 is 1.92 bits per heavy atom. The summed E-state index contributed by atoms with van der Waals surface area (Å²) in [5.41, 5.74) is 2.34. The number of urea groups is 1. The maximum atomic E-state index is 12.0. The monoisotopic (exact) mass is 370 g/mol. The number of thioether (sulfide) groups is 1. The largest absolute Gasteiger partial charge is 0.357 e. The van der Waals surface area contributed by atoms with Crippen molar-refractivity contribution in [2.45, 2.75) is 31.2 Å². The molecule has 5 nitrogen and oxygen atoms in total. The van der Waals surface area contributed by atoms with Crippen LogP contribution in [0.25, 0.3) is 0 Å². The average molecular weight is 371 g/mol. The van der Waals surface area contributed by atoms with Gasteiger partial charge in [-0.2, -0.15) is 0 Å². The molecule has 2 N–H and O–H groups in total. The lowest BCUT2D eigenvalue weighted by Crippen LogP contribution is -2.36. The van der Waals surface area contributed by atoms with Crippen molar-refractivity contribution in [3.63, 3.8) is 0 Å². The molecule has 0 bridgehead atoms. The lowest BCUT2D eigenvalue weighted by atomic mass is 10.2. The number of nitrogens with zero attached hydrogens (tertiary/aromatic N) is 2. The Balaban J connectivity index is 1.36. The lowest BCUT2D eigenvalue weighted by Gasteiger charge is -2.17. The van der Waals surface area contributed by atoms with Gasteiger partial charge in [0.15, 0.2) is 0 Å². The first kappa shape index (κ1) is 18.6. The highest BCUT2D eigenvalue weighted by atomic mass is 32.2. The molecule has 0 atom stereocenters. The quantitative estimate of drug-likeness (QED) is 0.578. The Hall–Kier alpha value is -2.21. The molecule has 26 heavy (non-hydrogen) atoms. The number of carbonyl (C=O) groups is 1. The number of rotatable bonds is 7. The van der Waals surface area contributed by atoms with E-state index in [0.717, 1.165) is 30.2 Å². The standard InChI is InChI=1S/C20H26N4OS/c1-16-4-6-18(7-5-16)26-13-10-22-20(25)23-15-17-8-9-21-19(14-17)24-11-2-3-12-24/h4-9,14H,2-3,10-13,15H2,1H3,(H2,22,23,25). The van der Waals surface area contributed by atoms with Crippen molar-refractivity contribution < 1.29 is 4.79 Å². The molecule has 1 saturated heterocycles. The highest BCUT2D eigenvalue weighted by molar-refractivity contribution is 7.99. The third-order valence-corrected chi connectivity index (χ3v) is 5.38. The maximum Gasteiger partial charge on any atom is 0.315 e. The van der Waals surface area contributed by atoms with E-state index in [1.165, 1.54) is 23.3 Å². The molecule has 1 aromatic carbocycles. The number of benzene rings is 1. The van der Waals surface area contributed by atoms with Crippen LogP contribution in [0.3, 0.4) is 0 Å². The van der Waals surface area contributed by atoms with E-state index < -0.39 is 0 Å². The predicted octanol–water partition coefficient (Wildman–Crippen LogP) is 3.58. The van der Waals surface area contributed by atoms with Gasteiger partial charge in [0.2, 0.25) is 0 Å². The summed E-state index contributed by atoms with van der Waals surface area (Å²) in [5.74, 6) is 1.86. The maximum absolute atomic E-state index is 12.0. The molecule has 1 fully saturated rings. The topological polar surface area (TPSA) is 57.3 Å². The molecule has 1 aliphatic heterocycles. The van der Waals surface area contributed by atoms with Gasteiger partial charge in [-0.1, -0.05) is 17.7 Å². The van der Waals surface area contributed by atoms with E-state index >= 15 is 0 Å². The molecule has 1 aliphatic rings. The van der Waals surface area contributed by atoms with Crippen molar-refractivity contribution in [2.75, 3.05) is 30.3 Å². The van der Waals surface area contributed by atoms with Crippen molar-refractivity contribution >= 4 is 23.6 Å². The fourth-order valence-corrected chi connectivity index (χ4v) is 3.67. The number of aryl methyl sites for hydroxylation is 1. The van der Waals surface area contributed by atoms with Crippen LogP contribution in [-0.2, 0) is 6.54 Å². The smallest absolute Gasteiger partial charge is 0.315 e. The van der Waals surface area contributed by atoms with Crippen LogP contribution in [0.1, 0.15) is 24.0 Å². The summed E-state index contributed by atoms with van der Waals surface area (Å²) in [6, 6.07) is 12.3. The van der Waals surface area contributed by atoms with E-state index in [-0.39, 0.29) is 6.03 Å². The summed E-state index contributed by atoms with van der Waals surface area (Å²) in [4.78, 5) is 19.9. The molecule has 0 aliphatic carbocycles. The van der Waals surface area contributed by atoms with Gasteiger partial charge in [-0.15, -0.1) is 11.8 Å². The number of hydrogen-bond acceptors (Lipinski definition) is 4. The van der Waals surface area contributed by atoms with Gasteiger partial charge in [0.05, 0.1) is 0 Å². The molecular formula is C20H26N4OS. The van der Waals surface area contributed by atoms with Gasteiger partial charge in [0, 0.05) is 43.0 Å². The molecule has 3 rings (SSSR count). The summed E-state index contributed by atoms with van der Waals surface area (Å²) in [6.07, 6.45) is 4.28. The number of anilines is 1. The lowest BCUT2D eigenvalue weighted by molar-refractivity contribution is 0.241. The molecule has 0 unspecified atom stereocenters. The predicted molar refractivity (Wildman–Crippen MR) is 108 cm³/mol. The highest BCUT2D eigenvalue weighted by Gasteiger charge is 2.13. The fraction of sp³-hybridized carbons (Fsp3) is 0.400. The zero-order valence-electron chi connectivity index (χ0n) is 15.2. The number of hydrogen-bond donors (Lipinski definition) is 2. The van der Waals surface area contributed by atoms with Crippen molar-refractivity contribution in [2.24, 2.45) is 0 Å². The van der Waals surface area contributed by atoms with Crippen molar-refractivity contribution in [1.29, 1.82) is 0 Å². The van der Waals surface area contributed by atoms with E-state index in [1.54, 1.807) is 11.8 Å². The summed E-state index contributed by atoms with van der Waals surface area (Å²) < 4.78 is 0. The van der Waals surface area contributed by atoms with Gasteiger partial charge in [-0.05, 0) is 49.6 Å². The van der Waals surface area contributed by atoms with Gasteiger partial charge in [-0.3, -0.25) is 0 Å². The van der Waals surface area contributed by atoms with E-state index in [2.05, 4.69) is 57.8 Å². The second-order valence-corrected chi connectivity index (χ2v) is 7.66. The molecular weight excluding hydrogens is 344 g/mol. The van der Waals surface area contributed by atoms with Gasteiger partial charge >= 0.3 is 6.03 Å². The molecule has 6 heteroatoms. The van der Waals surface area contributed by atoms with Crippen molar-refractivity contribution in [3.05, 3.63) is 53.7 Å².